The lowest BCUT2D eigenvalue weighted by Crippen LogP contribution is -2.40. The van der Waals surface area contributed by atoms with E-state index in [0.29, 0.717) is 0 Å². The second-order valence-electron chi connectivity index (χ2n) is 5.86. The van der Waals surface area contributed by atoms with E-state index in [4.69, 9.17) is 4.74 Å². The molecule has 1 aliphatic heterocycles. The minimum atomic E-state index is -0.424. The van der Waals surface area contributed by atoms with Crippen molar-refractivity contribution < 1.29 is 9.53 Å². The van der Waals surface area contributed by atoms with Gasteiger partial charge in [-0.2, -0.15) is 0 Å². The Morgan fingerprint density at radius 1 is 1.56 bits per heavy atom. The van der Waals surface area contributed by atoms with Gasteiger partial charge >= 0.3 is 6.09 Å². The van der Waals surface area contributed by atoms with Crippen LogP contribution in [0.4, 0.5) is 4.79 Å². The zero-order valence-electron chi connectivity index (χ0n) is 11.9. The molecule has 0 aliphatic carbocycles. The van der Waals surface area contributed by atoms with E-state index in [-0.39, 0.29) is 12.1 Å². The van der Waals surface area contributed by atoms with Gasteiger partial charge in [-0.15, -0.1) is 6.58 Å². The summed E-state index contributed by atoms with van der Waals surface area (Å²) in [5.41, 5.74) is -0.424. The van der Waals surface area contributed by atoms with Gasteiger partial charge in [0.15, 0.2) is 0 Å². The molecule has 104 valence electrons. The summed E-state index contributed by atoms with van der Waals surface area (Å²) in [5, 5.41) is 2.93. The van der Waals surface area contributed by atoms with Gasteiger partial charge in [-0.3, -0.25) is 0 Å². The molecule has 1 heterocycles. The molecule has 0 aromatic carbocycles. The van der Waals surface area contributed by atoms with E-state index >= 15 is 0 Å². The second-order valence-corrected chi connectivity index (χ2v) is 5.86. The van der Waals surface area contributed by atoms with Gasteiger partial charge in [0, 0.05) is 19.1 Å². The van der Waals surface area contributed by atoms with E-state index in [0.717, 1.165) is 38.9 Å². The summed E-state index contributed by atoms with van der Waals surface area (Å²) in [6, 6.07) is 0.226. The van der Waals surface area contributed by atoms with Crippen LogP contribution in [0.15, 0.2) is 12.7 Å². The fraction of sp³-hybridized carbons (Fsp3) is 0.786. The highest BCUT2D eigenvalue weighted by Crippen LogP contribution is 2.12. The SMILES string of the molecule is C=CCCCN1CC[C@H](NC(=O)OC(C)(C)C)C1. The van der Waals surface area contributed by atoms with E-state index in [9.17, 15) is 4.79 Å². The van der Waals surface area contributed by atoms with Gasteiger partial charge in [0.25, 0.3) is 0 Å². The number of hydrogen-bond acceptors (Lipinski definition) is 3. The molecule has 1 N–H and O–H groups in total. The number of rotatable bonds is 5. The number of carbonyl (C=O) groups excluding carboxylic acids is 1. The monoisotopic (exact) mass is 254 g/mol. The van der Waals surface area contributed by atoms with Crippen molar-refractivity contribution in [1.29, 1.82) is 0 Å². The molecule has 1 fully saturated rings. The van der Waals surface area contributed by atoms with Crippen LogP contribution in [-0.4, -0.2) is 42.3 Å². The van der Waals surface area contributed by atoms with E-state index in [1.165, 1.54) is 0 Å². The van der Waals surface area contributed by atoms with Crippen LogP contribution in [0.2, 0.25) is 0 Å². The molecular weight excluding hydrogens is 228 g/mol. The lowest BCUT2D eigenvalue weighted by molar-refractivity contribution is 0.0506. The van der Waals surface area contributed by atoms with Crippen LogP contribution in [0, 0.1) is 0 Å². The Balaban J connectivity index is 2.21. The van der Waals surface area contributed by atoms with E-state index in [2.05, 4.69) is 16.8 Å². The number of likely N-dealkylation sites (tertiary alicyclic amines) is 1. The standard InChI is InChI=1S/C14H26N2O2/c1-5-6-7-9-16-10-8-12(11-16)15-13(17)18-14(2,3)4/h5,12H,1,6-11H2,2-4H3,(H,15,17)/t12-/m0/s1. The molecule has 0 unspecified atom stereocenters. The number of amides is 1. The third-order valence-corrected chi connectivity index (χ3v) is 2.88. The van der Waals surface area contributed by atoms with Gasteiger partial charge in [-0.05, 0) is 46.6 Å². The highest BCUT2D eigenvalue weighted by molar-refractivity contribution is 5.68. The smallest absolute Gasteiger partial charge is 0.407 e. The number of ether oxygens (including phenoxy) is 1. The number of nitrogens with zero attached hydrogens (tertiary/aromatic N) is 1. The largest absolute Gasteiger partial charge is 0.444 e. The molecule has 4 heteroatoms. The van der Waals surface area contributed by atoms with Gasteiger partial charge in [0.05, 0.1) is 0 Å². The minimum absolute atomic E-state index is 0.226. The summed E-state index contributed by atoms with van der Waals surface area (Å²) in [7, 11) is 0. The maximum absolute atomic E-state index is 11.6. The van der Waals surface area contributed by atoms with Crippen LogP contribution < -0.4 is 5.32 Å². The molecule has 1 atom stereocenters. The fourth-order valence-corrected chi connectivity index (χ4v) is 2.09. The second kappa shape index (κ2) is 6.78. The van der Waals surface area contributed by atoms with Crippen molar-refractivity contribution in [3.05, 3.63) is 12.7 Å². The predicted molar refractivity (Wildman–Crippen MR) is 73.6 cm³/mol. The summed E-state index contributed by atoms with van der Waals surface area (Å²) in [5.74, 6) is 0. The van der Waals surface area contributed by atoms with Crippen molar-refractivity contribution in [3.63, 3.8) is 0 Å². The third kappa shape index (κ3) is 6.05. The van der Waals surface area contributed by atoms with Crippen LogP contribution in [0.5, 0.6) is 0 Å². The molecule has 0 bridgehead atoms. The van der Waals surface area contributed by atoms with Crippen LogP contribution in [0.1, 0.15) is 40.0 Å². The van der Waals surface area contributed by atoms with Crippen molar-refractivity contribution in [2.75, 3.05) is 19.6 Å². The van der Waals surface area contributed by atoms with Crippen molar-refractivity contribution in [2.45, 2.75) is 51.7 Å². The Bertz CT molecular complexity index is 284. The summed E-state index contributed by atoms with van der Waals surface area (Å²) in [6.07, 6.45) is 4.85. The third-order valence-electron chi connectivity index (χ3n) is 2.88. The van der Waals surface area contributed by atoms with Crippen LogP contribution in [0.25, 0.3) is 0 Å². The Labute approximate surface area is 110 Å². The topological polar surface area (TPSA) is 41.6 Å². The lowest BCUT2D eigenvalue weighted by atomic mass is 10.2. The van der Waals surface area contributed by atoms with Crippen LogP contribution in [-0.2, 0) is 4.74 Å². The Hall–Kier alpha value is -1.03. The maximum Gasteiger partial charge on any atom is 0.407 e. The molecule has 4 nitrogen and oxygen atoms in total. The first kappa shape index (κ1) is 15.0. The summed E-state index contributed by atoms with van der Waals surface area (Å²) < 4.78 is 5.25. The van der Waals surface area contributed by atoms with Gasteiger partial charge in [-0.25, -0.2) is 4.79 Å². The summed E-state index contributed by atoms with van der Waals surface area (Å²) in [4.78, 5) is 14.0. The summed E-state index contributed by atoms with van der Waals surface area (Å²) >= 11 is 0. The predicted octanol–water partition coefficient (Wildman–Crippen LogP) is 2.55. The Morgan fingerprint density at radius 2 is 2.28 bits per heavy atom. The van der Waals surface area contributed by atoms with Gasteiger partial charge in [0.1, 0.15) is 5.60 Å². The van der Waals surface area contributed by atoms with Crippen molar-refractivity contribution in [2.24, 2.45) is 0 Å². The quantitative estimate of drug-likeness (QED) is 0.605. The molecule has 1 saturated heterocycles. The molecule has 1 amide bonds. The van der Waals surface area contributed by atoms with E-state index < -0.39 is 5.60 Å². The summed E-state index contributed by atoms with van der Waals surface area (Å²) in [6.45, 7) is 12.4. The lowest BCUT2D eigenvalue weighted by Gasteiger charge is -2.22. The molecule has 0 aromatic rings. The number of carbonyl (C=O) groups is 1. The van der Waals surface area contributed by atoms with Gasteiger partial charge in [-0.1, -0.05) is 6.08 Å². The number of alkyl carbamates (subject to hydrolysis) is 1. The molecule has 0 saturated carbocycles. The molecule has 0 radical (unpaired) electrons. The Kier molecular flexibility index (Phi) is 5.66. The molecule has 0 aromatic heterocycles. The molecule has 0 spiro atoms. The molecule has 1 rings (SSSR count). The normalized spacial score (nSPS) is 20.7. The highest BCUT2D eigenvalue weighted by Gasteiger charge is 2.25. The molecular formula is C14H26N2O2. The maximum atomic E-state index is 11.6. The van der Waals surface area contributed by atoms with Gasteiger partial charge < -0.3 is 15.0 Å². The van der Waals surface area contributed by atoms with Crippen molar-refractivity contribution >= 4 is 6.09 Å². The first-order chi connectivity index (χ1) is 8.40. The molecule has 18 heavy (non-hydrogen) atoms. The van der Waals surface area contributed by atoms with Crippen molar-refractivity contribution in [1.82, 2.24) is 10.2 Å². The average Bonchev–Trinajstić information content (AvgIpc) is 2.63. The number of hydrogen-bond donors (Lipinski definition) is 1. The van der Waals surface area contributed by atoms with Crippen molar-refractivity contribution in [3.8, 4) is 0 Å². The van der Waals surface area contributed by atoms with Crippen LogP contribution >= 0.6 is 0 Å². The number of allylic oxidation sites excluding steroid dienone is 1. The molecule has 1 aliphatic rings. The van der Waals surface area contributed by atoms with Crippen LogP contribution in [0.3, 0.4) is 0 Å². The average molecular weight is 254 g/mol. The first-order valence-electron chi connectivity index (χ1n) is 6.73. The highest BCUT2D eigenvalue weighted by atomic mass is 16.6. The fourth-order valence-electron chi connectivity index (χ4n) is 2.09. The van der Waals surface area contributed by atoms with E-state index in [1.54, 1.807) is 0 Å². The zero-order valence-corrected chi connectivity index (χ0v) is 11.9. The Morgan fingerprint density at radius 3 is 2.89 bits per heavy atom. The first-order valence-corrected chi connectivity index (χ1v) is 6.73. The number of unbranched alkanes of at least 4 members (excludes halogenated alkanes) is 1. The van der Waals surface area contributed by atoms with E-state index in [1.807, 2.05) is 26.8 Å². The zero-order chi connectivity index (χ0) is 13.6. The number of nitrogens with one attached hydrogen (secondary N) is 1. The van der Waals surface area contributed by atoms with Gasteiger partial charge in [0.2, 0.25) is 0 Å². The minimum Gasteiger partial charge on any atom is -0.444 e.